The van der Waals surface area contributed by atoms with E-state index >= 15 is 0 Å². The second-order valence-corrected chi connectivity index (χ2v) is 5.95. The van der Waals surface area contributed by atoms with Crippen molar-refractivity contribution in [3.8, 4) is 5.75 Å². The lowest BCUT2D eigenvalue weighted by molar-refractivity contribution is -0.00634. The summed E-state index contributed by atoms with van der Waals surface area (Å²) < 4.78 is 24.2. The Labute approximate surface area is 138 Å². The first kappa shape index (κ1) is 19.1. The lowest BCUT2D eigenvalue weighted by Crippen LogP contribution is -1.93. The number of hydrogen-bond acceptors (Lipinski definition) is 1. The van der Waals surface area contributed by atoms with E-state index in [-0.39, 0.29) is 12.4 Å². The first-order valence-electron chi connectivity index (χ1n) is 7.85. The molecule has 0 aliphatic carbocycles. The van der Waals surface area contributed by atoms with Crippen LogP contribution in [0, 0.1) is 34.6 Å². The standard InChI is InChI=1S/C11H15F.C9H11FO/c1-4-10-5-8(2)11(7-12)9(3)6-10;1-6-4-9(11-10)5-7(2)8(6)3/h5-6H,4,7H2,1-3H3;4-5H,1-3H3. The fourth-order valence-corrected chi connectivity index (χ4v) is 2.54. The van der Waals surface area contributed by atoms with Crippen LogP contribution in [0.3, 0.4) is 0 Å². The van der Waals surface area contributed by atoms with Gasteiger partial charge in [0.05, 0.1) is 0 Å². The van der Waals surface area contributed by atoms with Crippen LogP contribution >= 0.6 is 0 Å². The monoisotopic (exact) mass is 320 g/mol. The summed E-state index contributed by atoms with van der Waals surface area (Å²) in [7, 11) is 0. The van der Waals surface area contributed by atoms with Gasteiger partial charge in [-0.15, -0.1) is 0 Å². The molecule has 2 aromatic rings. The highest BCUT2D eigenvalue weighted by atomic mass is 19.3. The molecule has 0 unspecified atom stereocenters. The summed E-state index contributed by atoms with van der Waals surface area (Å²) in [5, 5.41) is 0. The van der Waals surface area contributed by atoms with E-state index in [0.29, 0.717) is 0 Å². The van der Waals surface area contributed by atoms with Crippen molar-refractivity contribution in [2.24, 2.45) is 0 Å². The highest BCUT2D eigenvalue weighted by Gasteiger charge is 2.03. The molecule has 3 heteroatoms. The molecule has 0 spiro atoms. The maximum Gasteiger partial charge on any atom is 0.172 e. The van der Waals surface area contributed by atoms with Gasteiger partial charge in [0.2, 0.25) is 0 Å². The van der Waals surface area contributed by atoms with Gasteiger partial charge < -0.3 is 0 Å². The number of hydrogen-bond donors (Lipinski definition) is 0. The zero-order valence-corrected chi connectivity index (χ0v) is 14.9. The normalized spacial score (nSPS) is 10.1. The lowest BCUT2D eigenvalue weighted by atomic mass is 9.99. The van der Waals surface area contributed by atoms with Crippen LogP contribution in [0.15, 0.2) is 24.3 Å². The number of rotatable bonds is 3. The van der Waals surface area contributed by atoms with Crippen LogP contribution < -0.4 is 4.94 Å². The molecule has 0 N–H and O–H groups in total. The Kier molecular flexibility index (Phi) is 7.21. The molecule has 0 aromatic heterocycles. The number of halogens is 2. The molecule has 2 rings (SSSR count). The SMILES string of the molecule is CCc1cc(C)c(CF)c(C)c1.Cc1cc(OF)cc(C)c1C. The third-order valence-corrected chi connectivity index (χ3v) is 4.29. The van der Waals surface area contributed by atoms with Crippen molar-refractivity contribution in [2.75, 3.05) is 0 Å². The van der Waals surface area contributed by atoms with Crippen molar-refractivity contribution in [1.29, 1.82) is 0 Å². The van der Waals surface area contributed by atoms with Crippen molar-refractivity contribution in [1.82, 2.24) is 0 Å². The highest BCUT2D eigenvalue weighted by Crippen LogP contribution is 2.21. The van der Waals surface area contributed by atoms with Gasteiger partial charge in [0.25, 0.3) is 0 Å². The Balaban J connectivity index is 0.000000231. The van der Waals surface area contributed by atoms with Crippen LogP contribution in [-0.4, -0.2) is 0 Å². The van der Waals surface area contributed by atoms with Crippen molar-refractivity contribution >= 4 is 0 Å². The van der Waals surface area contributed by atoms with Crippen LogP contribution in [0.4, 0.5) is 8.92 Å². The number of benzene rings is 2. The van der Waals surface area contributed by atoms with Gasteiger partial charge in [-0.25, -0.2) is 4.39 Å². The first-order valence-corrected chi connectivity index (χ1v) is 7.85. The van der Waals surface area contributed by atoms with Crippen LogP contribution in [0.5, 0.6) is 5.75 Å². The average Bonchev–Trinajstić information content (AvgIpc) is 2.52. The third-order valence-electron chi connectivity index (χ3n) is 4.29. The fraction of sp³-hybridized carbons (Fsp3) is 0.400. The topological polar surface area (TPSA) is 9.23 Å². The number of alkyl halides is 1. The predicted octanol–water partition coefficient (Wildman–Crippen LogP) is 6.21. The molecule has 0 saturated carbocycles. The second kappa shape index (κ2) is 8.66. The molecule has 0 radical (unpaired) electrons. The maximum absolute atomic E-state index is 12.5. The van der Waals surface area contributed by atoms with Gasteiger partial charge >= 0.3 is 0 Å². The van der Waals surface area contributed by atoms with E-state index in [2.05, 4.69) is 24.0 Å². The molecule has 0 amide bonds. The molecule has 0 bridgehead atoms. The lowest BCUT2D eigenvalue weighted by Gasteiger charge is -2.08. The first-order chi connectivity index (χ1) is 10.8. The summed E-state index contributed by atoms with van der Waals surface area (Å²) in [6.45, 7) is 11.6. The molecule has 0 aliphatic rings. The van der Waals surface area contributed by atoms with Gasteiger partial charge in [-0.2, -0.15) is 0 Å². The van der Waals surface area contributed by atoms with Crippen LogP contribution in [0.25, 0.3) is 0 Å². The minimum absolute atomic E-state index is 0.283. The van der Waals surface area contributed by atoms with Crippen molar-refractivity contribution in [3.05, 3.63) is 63.2 Å². The van der Waals surface area contributed by atoms with Gasteiger partial charge in [-0.1, -0.05) is 19.1 Å². The largest absolute Gasteiger partial charge is 0.294 e. The van der Waals surface area contributed by atoms with Gasteiger partial charge in [0, 0.05) is 4.53 Å². The Morgan fingerprint density at radius 1 is 0.826 bits per heavy atom. The summed E-state index contributed by atoms with van der Waals surface area (Å²) in [4.78, 5) is 3.63. The summed E-state index contributed by atoms with van der Waals surface area (Å²) >= 11 is 0. The number of aryl methyl sites for hydroxylation is 5. The van der Waals surface area contributed by atoms with Crippen molar-refractivity contribution in [2.45, 2.75) is 54.6 Å². The zero-order valence-electron chi connectivity index (χ0n) is 14.9. The molecule has 126 valence electrons. The van der Waals surface area contributed by atoms with E-state index < -0.39 is 0 Å². The average molecular weight is 320 g/mol. The molecular formula is C20H26F2O. The Morgan fingerprint density at radius 2 is 1.30 bits per heavy atom. The van der Waals surface area contributed by atoms with E-state index in [4.69, 9.17) is 0 Å². The maximum atomic E-state index is 12.5. The molecule has 0 atom stereocenters. The Bertz CT molecular complexity index is 617. The van der Waals surface area contributed by atoms with Gasteiger partial charge in [0.15, 0.2) is 5.75 Å². The molecule has 1 nitrogen and oxygen atoms in total. The van der Waals surface area contributed by atoms with Crippen LogP contribution in [-0.2, 0) is 13.1 Å². The minimum Gasteiger partial charge on any atom is -0.294 e. The molecule has 0 saturated heterocycles. The Morgan fingerprint density at radius 3 is 1.65 bits per heavy atom. The molecule has 23 heavy (non-hydrogen) atoms. The highest BCUT2D eigenvalue weighted by molar-refractivity contribution is 5.40. The second-order valence-electron chi connectivity index (χ2n) is 5.95. The van der Waals surface area contributed by atoms with E-state index in [1.54, 1.807) is 12.1 Å². The Hall–Kier alpha value is -1.90. The summed E-state index contributed by atoms with van der Waals surface area (Å²) in [6.07, 6.45) is 1.02. The van der Waals surface area contributed by atoms with E-state index in [1.165, 1.54) is 11.1 Å². The van der Waals surface area contributed by atoms with Crippen molar-refractivity contribution in [3.63, 3.8) is 0 Å². The third kappa shape index (κ3) is 5.05. The minimum atomic E-state index is -0.346. The van der Waals surface area contributed by atoms with Crippen molar-refractivity contribution < 1.29 is 13.9 Å². The van der Waals surface area contributed by atoms with Crippen LogP contribution in [0.2, 0.25) is 0 Å². The molecule has 2 aromatic carbocycles. The smallest absolute Gasteiger partial charge is 0.172 e. The molecular weight excluding hydrogens is 294 g/mol. The summed E-state index contributed by atoms with van der Waals surface area (Å²) in [5.41, 5.74) is 7.60. The van der Waals surface area contributed by atoms with Crippen LogP contribution in [0.1, 0.15) is 45.9 Å². The predicted molar refractivity (Wildman–Crippen MR) is 92.5 cm³/mol. The van der Waals surface area contributed by atoms with E-state index in [9.17, 15) is 8.92 Å². The molecule has 0 fully saturated rings. The summed E-state index contributed by atoms with van der Waals surface area (Å²) in [5.74, 6) is 0.283. The zero-order chi connectivity index (χ0) is 17.6. The molecule has 0 aliphatic heterocycles. The molecule has 0 heterocycles. The van der Waals surface area contributed by atoms with Gasteiger partial charge in [-0.3, -0.25) is 4.94 Å². The fourth-order valence-electron chi connectivity index (χ4n) is 2.54. The van der Waals surface area contributed by atoms with E-state index in [0.717, 1.165) is 34.2 Å². The van der Waals surface area contributed by atoms with Gasteiger partial charge in [-0.05, 0) is 92.1 Å². The van der Waals surface area contributed by atoms with Gasteiger partial charge in [0.1, 0.15) is 6.67 Å². The van der Waals surface area contributed by atoms with E-state index in [1.807, 2.05) is 34.6 Å². The summed E-state index contributed by atoms with van der Waals surface area (Å²) in [6, 6.07) is 7.51. The quantitative estimate of drug-likeness (QED) is 0.653.